The van der Waals surface area contributed by atoms with Gasteiger partial charge in [0, 0.05) is 12.8 Å². The summed E-state index contributed by atoms with van der Waals surface area (Å²) in [5.74, 6) is -0.280. The maximum Gasteiger partial charge on any atom is 0.246 e. The fourth-order valence-corrected chi connectivity index (χ4v) is 2.08. The Balaban J connectivity index is 1.95. The average molecular weight is 329 g/mol. The molecule has 0 spiro atoms. The second-order valence-electron chi connectivity index (χ2n) is 4.38. The fraction of sp³-hybridized carbons (Fsp3) is 0.308. The van der Waals surface area contributed by atoms with Crippen LogP contribution in [0.3, 0.4) is 0 Å². The Bertz CT molecular complexity index is 630. The number of nitrogens with one attached hydrogen (secondary N) is 1. The molecule has 0 saturated heterocycles. The number of nitrogens with zero attached hydrogens (tertiary/aromatic N) is 3. The highest BCUT2D eigenvalue weighted by molar-refractivity contribution is 6.43. The molecular weight excluding hydrogens is 315 g/mol. The van der Waals surface area contributed by atoms with E-state index in [1.165, 1.54) is 4.68 Å². The molecule has 8 heteroatoms. The van der Waals surface area contributed by atoms with E-state index in [1.807, 2.05) is 0 Å². The molecule has 1 aromatic carbocycles. The number of aryl methyl sites for hydroxylation is 1. The van der Waals surface area contributed by atoms with Gasteiger partial charge in [0.15, 0.2) is 0 Å². The Morgan fingerprint density at radius 2 is 2.19 bits per heavy atom. The van der Waals surface area contributed by atoms with Crippen LogP contribution in [0.4, 0.5) is 5.69 Å². The zero-order valence-corrected chi connectivity index (χ0v) is 12.6. The highest BCUT2D eigenvalue weighted by atomic mass is 35.5. The van der Waals surface area contributed by atoms with Gasteiger partial charge in [-0.3, -0.25) is 4.79 Å². The van der Waals surface area contributed by atoms with Gasteiger partial charge in [-0.05, 0) is 25.0 Å². The number of aliphatic hydroxyl groups is 1. The highest BCUT2D eigenvalue weighted by Gasteiger charge is 2.10. The van der Waals surface area contributed by atoms with Crippen molar-refractivity contribution in [3.05, 3.63) is 40.1 Å². The van der Waals surface area contributed by atoms with Crippen molar-refractivity contribution in [2.75, 3.05) is 11.9 Å². The van der Waals surface area contributed by atoms with Crippen LogP contribution in [0.1, 0.15) is 12.1 Å². The van der Waals surface area contributed by atoms with E-state index in [9.17, 15) is 4.79 Å². The summed E-state index contributed by atoms with van der Waals surface area (Å²) in [6.07, 6.45) is 2.91. The first-order chi connectivity index (χ1) is 10.1. The summed E-state index contributed by atoms with van der Waals surface area (Å²) in [5.41, 5.74) is 1.19. The number of carbonyl (C=O) groups excluding carboxylic acids is 1. The maximum absolute atomic E-state index is 11.9. The van der Waals surface area contributed by atoms with Crippen LogP contribution in [-0.2, 0) is 17.8 Å². The second kappa shape index (κ2) is 7.40. The Kier molecular flexibility index (Phi) is 5.55. The van der Waals surface area contributed by atoms with Gasteiger partial charge in [0.1, 0.15) is 6.54 Å². The molecule has 21 heavy (non-hydrogen) atoms. The summed E-state index contributed by atoms with van der Waals surface area (Å²) in [5, 5.41) is 19.9. The SMILES string of the molecule is O=C(Cn1cc(CCCO)nn1)Nc1cccc(Cl)c1Cl. The number of aromatic nitrogens is 3. The number of hydrogen-bond acceptors (Lipinski definition) is 4. The molecule has 0 saturated carbocycles. The first-order valence-electron chi connectivity index (χ1n) is 6.34. The van der Waals surface area contributed by atoms with E-state index in [2.05, 4.69) is 15.6 Å². The van der Waals surface area contributed by atoms with Crippen molar-refractivity contribution in [1.29, 1.82) is 0 Å². The molecule has 112 valence electrons. The molecule has 0 radical (unpaired) electrons. The Hall–Kier alpha value is -1.63. The van der Waals surface area contributed by atoms with Gasteiger partial charge in [-0.15, -0.1) is 5.10 Å². The third-order valence-corrected chi connectivity index (χ3v) is 3.53. The Morgan fingerprint density at radius 1 is 1.38 bits per heavy atom. The lowest BCUT2D eigenvalue weighted by atomic mass is 10.3. The number of rotatable bonds is 6. The summed E-state index contributed by atoms with van der Waals surface area (Å²) >= 11 is 11.9. The molecule has 1 aromatic heterocycles. The first-order valence-corrected chi connectivity index (χ1v) is 7.09. The molecule has 0 aliphatic heterocycles. The molecule has 6 nitrogen and oxygen atoms in total. The normalized spacial score (nSPS) is 10.6. The third kappa shape index (κ3) is 4.42. The lowest BCUT2D eigenvalue weighted by Gasteiger charge is -2.07. The summed E-state index contributed by atoms with van der Waals surface area (Å²) in [6, 6.07) is 5.01. The van der Waals surface area contributed by atoms with Crippen LogP contribution < -0.4 is 5.32 Å². The van der Waals surface area contributed by atoms with Crippen molar-refractivity contribution in [2.24, 2.45) is 0 Å². The minimum atomic E-state index is -0.280. The lowest BCUT2D eigenvalue weighted by Crippen LogP contribution is -2.19. The van der Waals surface area contributed by atoms with Gasteiger partial charge in [-0.25, -0.2) is 4.68 Å². The van der Waals surface area contributed by atoms with Crippen molar-refractivity contribution in [2.45, 2.75) is 19.4 Å². The number of benzene rings is 1. The van der Waals surface area contributed by atoms with Crippen LogP contribution >= 0.6 is 23.2 Å². The molecule has 2 N–H and O–H groups in total. The fourth-order valence-electron chi connectivity index (χ4n) is 1.73. The summed E-state index contributed by atoms with van der Waals surface area (Å²) in [4.78, 5) is 11.9. The maximum atomic E-state index is 11.9. The van der Waals surface area contributed by atoms with Crippen molar-refractivity contribution in [3.8, 4) is 0 Å². The molecule has 2 rings (SSSR count). The number of carbonyl (C=O) groups is 1. The van der Waals surface area contributed by atoms with E-state index in [0.29, 0.717) is 28.6 Å². The molecule has 0 aliphatic rings. The zero-order valence-electron chi connectivity index (χ0n) is 11.1. The monoisotopic (exact) mass is 328 g/mol. The zero-order chi connectivity index (χ0) is 15.2. The minimum absolute atomic E-state index is 0.0228. The van der Waals surface area contributed by atoms with Crippen LogP contribution in [0.15, 0.2) is 24.4 Å². The molecule has 2 aromatic rings. The standard InChI is InChI=1S/C13H14Cl2N4O2/c14-10-4-1-5-11(13(10)15)16-12(21)8-19-7-9(17-18-19)3-2-6-20/h1,4-5,7,20H,2-3,6,8H2,(H,16,21). The van der Waals surface area contributed by atoms with Gasteiger partial charge in [0.2, 0.25) is 5.91 Å². The van der Waals surface area contributed by atoms with Crippen LogP contribution in [0.25, 0.3) is 0 Å². The number of halogens is 2. The number of amides is 1. The van der Waals surface area contributed by atoms with Crippen molar-refractivity contribution in [3.63, 3.8) is 0 Å². The van der Waals surface area contributed by atoms with E-state index < -0.39 is 0 Å². The largest absolute Gasteiger partial charge is 0.396 e. The third-order valence-electron chi connectivity index (χ3n) is 2.71. The predicted octanol–water partition coefficient (Wildman–Crippen LogP) is 2.15. The Labute approximate surface area is 131 Å². The average Bonchev–Trinajstić information content (AvgIpc) is 2.89. The molecular formula is C13H14Cl2N4O2. The van der Waals surface area contributed by atoms with E-state index in [1.54, 1.807) is 24.4 Å². The minimum Gasteiger partial charge on any atom is -0.396 e. The lowest BCUT2D eigenvalue weighted by molar-refractivity contribution is -0.116. The quantitative estimate of drug-likeness (QED) is 0.851. The topological polar surface area (TPSA) is 80.0 Å². The van der Waals surface area contributed by atoms with Gasteiger partial charge in [0.25, 0.3) is 0 Å². The molecule has 1 heterocycles. The smallest absolute Gasteiger partial charge is 0.246 e. The molecule has 0 aliphatic carbocycles. The molecule has 0 atom stereocenters. The van der Waals surface area contributed by atoms with Gasteiger partial charge in [-0.2, -0.15) is 0 Å². The van der Waals surface area contributed by atoms with E-state index >= 15 is 0 Å². The summed E-state index contributed by atoms with van der Waals surface area (Å²) < 4.78 is 1.43. The molecule has 0 fully saturated rings. The van der Waals surface area contributed by atoms with Crippen molar-refractivity contribution < 1.29 is 9.90 Å². The van der Waals surface area contributed by atoms with Gasteiger partial charge < -0.3 is 10.4 Å². The van der Waals surface area contributed by atoms with E-state index in [4.69, 9.17) is 28.3 Å². The number of anilines is 1. The van der Waals surface area contributed by atoms with E-state index in [0.717, 1.165) is 5.69 Å². The van der Waals surface area contributed by atoms with Crippen LogP contribution in [0, 0.1) is 0 Å². The van der Waals surface area contributed by atoms with Crippen LogP contribution in [0.5, 0.6) is 0 Å². The van der Waals surface area contributed by atoms with Gasteiger partial charge in [-0.1, -0.05) is 34.5 Å². The predicted molar refractivity (Wildman–Crippen MR) is 80.5 cm³/mol. The van der Waals surface area contributed by atoms with Crippen molar-refractivity contribution in [1.82, 2.24) is 15.0 Å². The highest BCUT2D eigenvalue weighted by Crippen LogP contribution is 2.29. The van der Waals surface area contributed by atoms with Crippen LogP contribution in [0.2, 0.25) is 10.0 Å². The molecule has 1 amide bonds. The number of hydrogen-bond donors (Lipinski definition) is 2. The van der Waals surface area contributed by atoms with Crippen LogP contribution in [-0.4, -0.2) is 32.6 Å². The van der Waals surface area contributed by atoms with Gasteiger partial charge >= 0.3 is 0 Å². The first kappa shape index (κ1) is 15.8. The van der Waals surface area contributed by atoms with Crippen molar-refractivity contribution >= 4 is 34.8 Å². The number of aliphatic hydroxyl groups excluding tert-OH is 1. The molecule has 0 unspecified atom stereocenters. The second-order valence-corrected chi connectivity index (χ2v) is 5.17. The Morgan fingerprint density at radius 3 is 2.95 bits per heavy atom. The summed E-state index contributed by atoms with van der Waals surface area (Å²) in [7, 11) is 0. The summed E-state index contributed by atoms with van der Waals surface area (Å²) in [6.45, 7) is 0.121. The van der Waals surface area contributed by atoms with E-state index in [-0.39, 0.29) is 19.1 Å². The molecule has 0 bridgehead atoms. The van der Waals surface area contributed by atoms with Gasteiger partial charge in [0.05, 0.1) is 21.4 Å².